The molecule has 0 aliphatic carbocycles. The van der Waals surface area contributed by atoms with E-state index >= 15 is 0 Å². The smallest absolute Gasteiger partial charge is 0.268 e. The number of methoxy groups -OCH3 is 1. The van der Waals surface area contributed by atoms with Gasteiger partial charge in [-0.25, -0.2) is 0 Å². The van der Waals surface area contributed by atoms with Crippen LogP contribution < -0.4 is 10.3 Å². The topological polar surface area (TPSA) is 101 Å². The fourth-order valence-electron chi connectivity index (χ4n) is 4.38. The lowest BCUT2D eigenvalue weighted by Crippen LogP contribution is -2.31. The molecule has 0 atom stereocenters. The first-order chi connectivity index (χ1) is 18.1. The number of ether oxygens (including phenoxy) is 1. The highest BCUT2D eigenvalue weighted by atomic mass is 32.1. The molecule has 0 N–H and O–H groups in total. The van der Waals surface area contributed by atoms with E-state index in [0.29, 0.717) is 15.0 Å². The van der Waals surface area contributed by atoms with E-state index in [1.807, 2.05) is 48.5 Å². The second kappa shape index (κ2) is 10.6. The third-order valence-electron chi connectivity index (χ3n) is 6.08. The van der Waals surface area contributed by atoms with Crippen LogP contribution in [0.3, 0.4) is 0 Å². The first-order valence-electron chi connectivity index (χ1n) is 11.7. The summed E-state index contributed by atoms with van der Waals surface area (Å²) in [7, 11) is 1.47. The number of aromatic nitrogens is 3. The molecule has 5 rings (SSSR count). The third-order valence-corrected chi connectivity index (χ3v) is 7.28. The molecule has 0 spiro atoms. The van der Waals surface area contributed by atoms with Crippen molar-refractivity contribution in [3.05, 3.63) is 99.7 Å². The van der Waals surface area contributed by atoms with Gasteiger partial charge in [-0.2, -0.15) is 5.26 Å². The first kappa shape index (κ1) is 24.2. The van der Waals surface area contributed by atoms with Crippen molar-refractivity contribution in [1.29, 1.82) is 5.26 Å². The van der Waals surface area contributed by atoms with E-state index in [0.717, 1.165) is 22.2 Å². The molecule has 1 amide bonds. The predicted molar refractivity (Wildman–Crippen MR) is 143 cm³/mol. The van der Waals surface area contributed by atoms with Crippen LogP contribution in [0.15, 0.2) is 78.0 Å². The van der Waals surface area contributed by atoms with E-state index in [4.69, 9.17) is 4.74 Å². The molecular weight excluding hydrogens is 486 g/mol. The highest BCUT2D eigenvalue weighted by Crippen LogP contribution is 2.40. The van der Waals surface area contributed by atoms with Crippen molar-refractivity contribution in [3.63, 3.8) is 0 Å². The standard InChI is InChI=1S/C28H23N5O3S/c1-36-24-23-25(37-26(24)28(35)32(15-7-12-29)17-19-8-6-13-30-16-19)21-10-2-3-11-22(21)33(27(23)34)18-20-9-4-5-14-31-20/h2-6,8-11,13-14,16H,7,15,17-18H2,1H3. The van der Waals surface area contributed by atoms with Crippen molar-refractivity contribution in [2.75, 3.05) is 13.7 Å². The molecule has 37 heavy (non-hydrogen) atoms. The zero-order valence-electron chi connectivity index (χ0n) is 20.1. The minimum Gasteiger partial charge on any atom is -0.494 e. The van der Waals surface area contributed by atoms with Gasteiger partial charge < -0.3 is 14.2 Å². The van der Waals surface area contributed by atoms with Crippen molar-refractivity contribution < 1.29 is 9.53 Å². The molecule has 0 bridgehead atoms. The second-order valence-electron chi connectivity index (χ2n) is 8.39. The van der Waals surface area contributed by atoms with Gasteiger partial charge in [0.1, 0.15) is 10.3 Å². The number of amides is 1. The maximum atomic E-state index is 13.9. The number of pyridine rings is 3. The summed E-state index contributed by atoms with van der Waals surface area (Å²) < 4.78 is 8.08. The summed E-state index contributed by atoms with van der Waals surface area (Å²) in [6, 6.07) is 19.0. The minimum absolute atomic E-state index is 0.180. The molecule has 0 radical (unpaired) electrons. The van der Waals surface area contributed by atoms with Crippen LogP contribution in [0.2, 0.25) is 0 Å². The van der Waals surface area contributed by atoms with Crippen molar-refractivity contribution >= 4 is 38.2 Å². The second-order valence-corrected chi connectivity index (χ2v) is 9.41. The van der Waals surface area contributed by atoms with Gasteiger partial charge in [-0.1, -0.05) is 30.3 Å². The van der Waals surface area contributed by atoms with Crippen LogP contribution in [0.4, 0.5) is 0 Å². The maximum absolute atomic E-state index is 13.9. The third kappa shape index (κ3) is 4.67. The Morgan fingerprint density at radius 2 is 1.97 bits per heavy atom. The van der Waals surface area contributed by atoms with Gasteiger partial charge in [-0.15, -0.1) is 11.3 Å². The van der Waals surface area contributed by atoms with Crippen LogP contribution >= 0.6 is 11.3 Å². The van der Waals surface area contributed by atoms with Crippen LogP contribution in [0.1, 0.15) is 27.3 Å². The molecule has 184 valence electrons. The molecule has 0 fully saturated rings. The summed E-state index contributed by atoms with van der Waals surface area (Å²) in [5.74, 6) is -0.0411. The number of para-hydroxylation sites is 1. The van der Waals surface area contributed by atoms with Gasteiger partial charge in [0.05, 0.1) is 42.1 Å². The monoisotopic (exact) mass is 509 g/mol. The van der Waals surface area contributed by atoms with Crippen molar-refractivity contribution in [2.24, 2.45) is 0 Å². The number of benzene rings is 1. The van der Waals surface area contributed by atoms with Gasteiger partial charge in [-0.3, -0.25) is 19.6 Å². The van der Waals surface area contributed by atoms with E-state index in [1.165, 1.54) is 18.4 Å². The molecular formula is C28H23N5O3S. The van der Waals surface area contributed by atoms with Gasteiger partial charge in [-0.05, 0) is 29.8 Å². The van der Waals surface area contributed by atoms with Gasteiger partial charge in [0, 0.05) is 37.1 Å². The average molecular weight is 510 g/mol. The largest absolute Gasteiger partial charge is 0.494 e. The lowest BCUT2D eigenvalue weighted by molar-refractivity contribution is 0.0748. The Labute approximate surface area is 217 Å². The molecule has 0 unspecified atom stereocenters. The molecule has 8 nitrogen and oxygen atoms in total. The lowest BCUT2D eigenvalue weighted by atomic mass is 10.1. The fraction of sp³-hybridized carbons (Fsp3) is 0.179. The highest BCUT2D eigenvalue weighted by Gasteiger charge is 2.28. The molecule has 4 heterocycles. The van der Waals surface area contributed by atoms with Gasteiger partial charge in [0.2, 0.25) is 0 Å². The van der Waals surface area contributed by atoms with Crippen molar-refractivity contribution in [3.8, 4) is 11.8 Å². The van der Waals surface area contributed by atoms with E-state index in [-0.39, 0.29) is 43.3 Å². The fourth-order valence-corrected chi connectivity index (χ4v) is 5.65. The Morgan fingerprint density at radius 3 is 2.70 bits per heavy atom. The number of thiophene rings is 1. The number of rotatable bonds is 8. The molecule has 5 aromatic rings. The van der Waals surface area contributed by atoms with Crippen molar-refractivity contribution in [2.45, 2.75) is 19.5 Å². The Hall–Kier alpha value is -4.55. The van der Waals surface area contributed by atoms with E-state index < -0.39 is 0 Å². The van der Waals surface area contributed by atoms with Crippen LogP contribution in [0.5, 0.6) is 5.75 Å². The lowest BCUT2D eigenvalue weighted by Gasteiger charge is -2.21. The molecule has 0 saturated heterocycles. The molecule has 0 aliphatic heterocycles. The number of carbonyl (C=O) groups is 1. The summed E-state index contributed by atoms with van der Waals surface area (Å²) in [4.78, 5) is 38.2. The number of fused-ring (bicyclic) bond motifs is 3. The van der Waals surface area contributed by atoms with E-state index in [2.05, 4.69) is 16.0 Å². The van der Waals surface area contributed by atoms with Gasteiger partial charge >= 0.3 is 0 Å². The SMILES string of the molecule is COc1c(C(=O)N(CCC#N)Cc2cccnc2)sc2c1c(=O)n(Cc1ccccn1)c1ccccc21. The predicted octanol–water partition coefficient (Wildman–Crippen LogP) is 4.62. The Morgan fingerprint density at radius 1 is 1.14 bits per heavy atom. The first-order valence-corrected chi connectivity index (χ1v) is 12.5. The molecule has 4 aromatic heterocycles. The zero-order valence-corrected chi connectivity index (χ0v) is 20.9. The Bertz CT molecular complexity index is 1670. The van der Waals surface area contributed by atoms with Gasteiger partial charge in [0.15, 0.2) is 5.75 Å². The van der Waals surface area contributed by atoms with Crippen LogP contribution in [0.25, 0.3) is 21.0 Å². The Kier molecular flexibility index (Phi) is 6.92. The molecule has 1 aromatic carbocycles. The summed E-state index contributed by atoms with van der Waals surface area (Å²) in [5, 5.41) is 10.4. The summed E-state index contributed by atoms with van der Waals surface area (Å²) in [6.07, 6.45) is 5.24. The van der Waals surface area contributed by atoms with E-state index in [9.17, 15) is 14.9 Å². The number of carbonyl (C=O) groups excluding carboxylic acids is 1. The summed E-state index contributed by atoms with van der Waals surface area (Å²) >= 11 is 1.24. The van der Waals surface area contributed by atoms with Gasteiger partial charge in [0.25, 0.3) is 11.5 Å². The van der Waals surface area contributed by atoms with Crippen LogP contribution in [-0.4, -0.2) is 39.0 Å². The quantitative estimate of drug-likeness (QED) is 0.303. The zero-order chi connectivity index (χ0) is 25.8. The van der Waals surface area contributed by atoms with Crippen LogP contribution in [-0.2, 0) is 13.1 Å². The maximum Gasteiger partial charge on any atom is 0.268 e. The molecule has 0 aliphatic rings. The average Bonchev–Trinajstić information content (AvgIpc) is 3.34. The highest BCUT2D eigenvalue weighted by molar-refractivity contribution is 7.22. The molecule has 0 saturated carbocycles. The number of hydrogen-bond acceptors (Lipinski definition) is 7. The number of nitrogens with zero attached hydrogens (tertiary/aromatic N) is 5. The van der Waals surface area contributed by atoms with E-state index in [1.54, 1.807) is 34.1 Å². The molecule has 9 heteroatoms. The Balaban J connectivity index is 1.67. The minimum atomic E-state index is -0.295. The summed E-state index contributed by atoms with van der Waals surface area (Å²) in [5.41, 5.74) is 2.10. The number of hydrogen-bond donors (Lipinski definition) is 0. The number of nitriles is 1. The van der Waals surface area contributed by atoms with Crippen LogP contribution in [0, 0.1) is 11.3 Å². The summed E-state index contributed by atoms with van der Waals surface area (Å²) in [6.45, 7) is 0.816. The van der Waals surface area contributed by atoms with Crippen molar-refractivity contribution in [1.82, 2.24) is 19.4 Å². The normalized spacial score (nSPS) is 10.9.